The normalized spacial score (nSPS) is 11.6. The summed E-state index contributed by atoms with van der Waals surface area (Å²) in [7, 11) is 0. The lowest BCUT2D eigenvalue weighted by Crippen LogP contribution is -2.09. The molecule has 0 aliphatic heterocycles. The summed E-state index contributed by atoms with van der Waals surface area (Å²) in [5, 5.41) is 15.1. The van der Waals surface area contributed by atoms with Crippen molar-refractivity contribution in [3.8, 4) is 44.5 Å². The summed E-state index contributed by atoms with van der Waals surface area (Å²) in [6.07, 6.45) is 0. The molecule has 0 atom stereocenters. The Morgan fingerprint density at radius 1 is 0.179 bits per heavy atom. The van der Waals surface area contributed by atoms with Crippen molar-refractivity contribution in [3.63, 3.8) is 0 Å². The van der Waals surface area contributed by atoms with Crippen molar-refractivity contribution >= 4 is 81.7 Å². The topological polar surface area (TPSA) is 3.24 Å². The SMILES string of the molecule is c1ccc(-c2c(-c3ccccc3)c3cc(-c4ccc(N(c5ccc(-c6ccc7c(ccc8ccccc87)c6)cc5)c5ccc6c(ccc7ccccc76)c5)cc4)ccc3c3ccccc23)cc1. The number of rotatable bonds is 7. The quantitative estimate of drug-likeness (QED) is 0.144. The second-order valence-corrected chi connectivity index (χ2v) is 17.6. The third-order valence-electron chi connectivity index (χ3n) is 13.8. The van der Waals surface area contributed by atoms with Gasteiger partial charge in [0.25, 0.3) is 0 Å². The van der Waals surface area contributed by atoms with E-state index in [0.717, 1.165) is 17.1 Å². The number of hydrogen-bond acceptors (Lipinski definition) is 1. The van der Waals surface area contributed by atoms with Crippen molar-refractivity contribution in [2.45, 2.75) is 0 Å². The van der Waals surface area contributed by atoms with Crippen molar-refractivity contribution in [1.82, 2.24) is 0 Å². The predicted octanol–water partition coefficient (Wildman–Crippen LogP) is 18.7. The van der Waals surface area contributed by atoms with E-state index in [2.05, 4.69) is 266 Å². The van der Waals surface area contributed by atoms with E-state index >= 15 is 0 Å². The fraction of sp³-hybridized carbons (Fsp3) is 0. The lowest BCUT2D eigenvalue weighted by atomic mass is 9.84. The van der Waals surface area contributed by atoms with Gasteiger partial charge < -0.3 is 4.90 Å². The molecule has 13 aromatic rings. The van der Waals surface area contributed by atoms with E-state index < -0.39 is 0 Å². The zero-order chi connectivity index (χ0) is 44.3. The molecule has 0 aromatic heterocycles. The summed E-state index contributed by atoms with van der Waals surface area (Å²) in [4.78, 5) is 2.39. The highest BCUT2D eigenvalue weighted by molar-refractivity contribution is 6.22. The highest BCUT2D eigenvalue weighted by Gasteiger charge is 2.19. The molecule has 0 radical (unpaired) electrons. The molecule has 13 rings (SSSR count). The third kappa shape index (κ3) is 6.71. The molecular formula is C66H43N. The highest BCUT2D eigenvalue weighted by Crippen LogP contribution is 2.46. The molecule has 0 saturated heterocycles. The molecular weight excluding hydrogens is 807 g/mol. The lowest BCUT2D eigenvalue weighted by Gasteiger charge is -2.26. The Hall–Kier alpha value is -8.78. The molecule has 0 N–H and O–H groups in total. The van der Waals surface area contributed by atoms with Gasteiger partial charge in [-0.05, 0) is 158 Å². The zero-order valence-electron chi connectivity index (χ0n) is 36.8. The fourth-order valence-corrected chi connectivity index (χ4v) is 10.6. The number of benzene rings is 13. The average molecular weight is 850 g/mol. The first-order valence-corrected chi connectivity index (χ1v) is 23.2. The first-order valence-electron chi connectivity index (χ1n) is 23.2. The van der Waals surface area contributed by atoms with Crippen LogP contribution in [0.3, 0.4) is 0 Å². The van der Waals surface area contributed by atoms with Crippen molar-refractivity contribution in [2.24, 2.45) is 0 Å². The van der Waals surface area contributed by atoms with Crippen LogP contribution in [0.15, 0.2) is 261 Å². The first kappa shape index (κ1) is 38.7. The molecule has 0 fully saturated rings. The Kier molecular flexibility index (Phi) is 9.25. The second kappa shape index (κ2) is 16.0. The maximum absolute atomic E-state index is 2.41. The molecule has 0 spiro atoms. The summed E-state index contributed by atoms with van der Waals surface area (Å²) in [6.45, 7) is 0. The maximum atomic E-state index is 2.41. The molecule has 1 heteroatoms. The van der Waals surface area contributed by atoms with Crippen LogP contribution in [0.25, 0.3) is 109 Å². The number of fused-ring (bicyclic) bond motifs is 9. The molecule has 0 saturated carbocycles. The summed E-state index contributed by atoms with van der Waals surface area (Å²) in [5.41, 5.74) is 13.0. The molecule has 0 heterocycles. The van der Waals surface area contributed by atoms with Crippen LogP contribution in [0.2, 0.25) is 0 Å². The summed E-state index contributed by atoms with van der Waals surface area (Å²) in [6, 6.07) is 95.8. The van der Waals surface area contributed by atoms with Gasteiger partial charge in [-0.25, -0.2) is 0 Å². The molecule has 67 heavy (non-hydrogen) atoms. The summed E-state index contributed by atoms with van der Waals surface area (Å²) in [5.74, 6) is 0. The van der Waals surface area contributed by atoms with Gasteiger partial charge in [0.05, 0.1) is 0 Å². The fourth-order valence-electron chi connectivity index (χ4n) is 10.6. The number of nitrogens with zero attached hydrogens (tertiary/aromatic N) is 1. The van der Waals surface area contributed by atoms with Crippen molar-refractivity contribution in [2.75, 3.05) is 4.90 Å². The van der Waals surface area contributed by atoms with Crippen LogP contribution in [0.1, 0.15) is 0 Å². The Morgan fingerprint density at radius 2 is 0.552 bits per heavy atom. The third-order valence-corrected chi connectivity index (χ3v) is 13.8. The van der Waals surface area contributed by atoms with Gasteiger partial charge in [-0.1, -0.05) is 212 Å². The van der Waals surface area contributed by atoms with Gasteiger partial charge in [-0.2, -0.15) is 0 Å². The van der Waals surface area contributed by atoms with E-state index in [9.17, 15) is 0 Å². The van der Waals surface area contributed by atoms with Crippen molar-refractivity contribution in [1.29, 1.82) is 0 Å². The summed E-state index contributed by atoms with van der Waals surface area (Å²) < 4.78 is 0. The largest absolute Gasteiger partial charge is 0.310 e. The van der Waals surface area contributed by atoms with Gasteiger partial charge in [-0.3, -0.25) is 0 Å². The van der Waals surface area contributed by atoms with Crippen LogP contribution in [-0.4, -0.2) is 0 Å². The second-order valence-electron chi connectivity index (χ2n) is 17.6. The van der Waals surface area contributed by atoms with Crippen LogP contribution < -0.4 is 4.90 Å². The summed E-state index contributed by atoms with van der Waals surface area (Å²) >= 11 is 0. The Balaban J connectivity index is 0.929. The number of hydrogen-bond donors (Lipinski definition) is 0. The van der Waals surface area contributed by atoms with E-state index in [1.165, 1.54) is 109 Å². The molecule has 0 aliphatic rings. The predicted molar refractivity (Wildman–Crippen MR) is 288 cm³/mol. The van der Waals surface area contributed by atoms with Crippen LogP contribution >= 0.6 is 0 Å². The Labute approximate surface area is 390 Å². The zero-order valence-corrected chi connectivity index (χ0v) is 36.8. The molecule has 0 aliphatic carbocycles. The Bertz CT molecular complexity index is 4000. The first-order chi connectivity index (χ1) is 33.2. The maximum Gasteiger partial charge on any atom is 0.0468 e. The van der Waals surface area contributed by atoms with Gasteiger partial charge in [0, 0.05) is 17.1 Å². The van der Waals surface area contributed by atoms with Crippen LogP contribution in [-0.2, 0) is 0 Å². The standard InChI is InChI=1S/C66H43N/c1-3-15-48(16-4-1)65-63-22-12-11-21-61(63)62-39-32-51(43-64(62)66(65)49-17-5-2-6-18-49)45-29-35-55(36-30-45)67(56-37-40-60-53(42-56)26-24-47-14-8-10-20-58(47)60)54-33-27-44(28-34-54)50-31-38-59-52(41-50)25-23-46-13-7-9-19-57(46)59/h1-43H. The van der Waals surface area contributed by atoms with E-state index in [-0.39, 0.29) is 0 Å². The molecule has 0 bridgehead atoms. The van der Waals surface area contributed by atoms with Crippen LogP contribution in [0, 0.1) is 0 Å². The van der Waals surface area contributed by atoms with Gasteiger partial charge in [-0.15, -0.1) is 0 Å². The average Bonchev–Trinajstić information content (AvgIpc) is 3.41. The Morgan fingerprint density at radius 3 is 1.13 bits per heavy atom. The van der Waals surface area contributed by atoms with Crippen molar-refractivity contribution < 1.29 is 0 Å². The van der Waals surface area contributed by atoms with Crippen LogP contribution in [0.5, 0.6) is 0 Å². The minimum atomic E-state index is 1.09. The molecule has 0 amide bonds. The highest BCUT2D eigenvalue weighted by atomic mass is 15.1. The molecule has 312 valence electrons. The monoisotopic (exact) mass is 849 g/mol. The van der Waals surface area contributed by atoms with E-state index in [4.69, 9.17) is 0 Å². The minimum Gasteiger partial charge on any atom is -0.310 e. The van der Waals surface area contributed by atoms with Gasteiger partial charge in [0.2, 0.25) is 0 Å². The van der Waals surface area contributed by atoms with Gasteiger partial charge in [0.15, 0.2) is 0 Å². The molecule has 0 unspecified atom stereocenters. The lowest BCUT2D eigenvalue weighted by molar-refractivity contribution is 1.29. The molecule has 13 aromatic carbocycles. The minimum absolute atomic E-state index is 1.09. The number of anilines is 3. The molecule has 1 nitrogen and oxygen atoms in total. The van der Waals surface area contributed by atoms with E-state index in [1.54, 1.807) is 0 Å². The van der Waals surface area contributed by atoms with Crippen LogP contribution in [0.4, 0.5) is 17.1 Å². The van der Waals surface area contributed by atoms with Gasteiger partial charge in [0.1, 0.15) is 0 Å². The van der Waals surface area contributed by atoms with E-state index in [1.807, 2.05) is 0 Å². The van der Waals surface area contributed by atoms with Crippen molar-refractivity contribution in [3.05, 3.63) is 261 Å². The van der Waals surface area contributed by atoms with Gasteiger partial charge >= 0.3 is 0 Å². The smallest absolute Gasteiger partial charge is 0.0468 e. The van der Waals surface area contributed by atoms with E-state index in [0.29, 0.717) is 0 Å².